The fourth-order valence-corrected chi connectivity index (χ4v) is 3.86. The quantitative estimate of drug-likeness (QED) is 0.435. The summed E-state index contributed by atoms with van der Waals surface area (Å²) < 4.78 is 11.1. The molecule has 0 radical (unpaired) electrons. The van der Waals surface area contributed by atoms with Crippen LogP contribution in [0.3, 0.4) is 0 Å². The van der Waals surface area contributed by atoms with Crippen LogP contribution in [0.25, 0.3) is 0 Å². The Labute approximate surface area is 106 Å². The van der Waals surface area contributed by atoms with E-state index in [2.05, 4.69) is 13.8 Å². The highest BCUT2D eigenvalue weighted by atomic mass is 16.6. The third-order valence-corrected chi connectivity index (χ3v) is 4.40. The van der Waals surface area contributed by atoms with Crippen LogP contribution in [0.1, 0.15) is 39.5 Å². The molecule has 0 amide bonds. The third-order valence-electron chi connectivity index (χ3n) is 4.40. The molecule has 0 spiro atoms. The highest BCUT2D eigenvalue weighted by Gasteiger charge is 2.72. The molecule has 4 unspecified atom stereocenters. The molecule has 2 saturated heterocycles. The van der Waals surface area contributed by atoms with E-state index in [1.807, 2.05) is 12.2 Å². The third kappa shape index (κ3) is 1.24. The van der Waals surface area contributed by atoms with Gasteiger partial charge in [-0.05, 0) is 12.8 Å². The van der Waals surface area contributed by atoms with Gasteiger partial charge in [-0.15, -0.1) is 0 Å². The van der Waals surface area contributed by atoms with Crippen LogP contribution in [0.4, 0.5) is 0 Å². The standard InChI is InChI=1S/C14H18O4/c1-3-5-13-7-8-14(18-13,6-4-2)10-9(13)11(15)17-12(10)16/h7-10H,3-6H2,1-2H3. The molecule has 3 heterocycles. The largest absolute Gasteiger partial charge is 0.393 e. The van der Waals surface area contributed by atoms with Crippen molar-refractivity contribution >= 4 is 11.9 Å². The molecule has 0 aromatic rings. The fraction of sp³-hybridized carbons (Fsp3) is 0.714. The van der Waals surface area contributed by atoms with E-state index in [-0.39, 0.29) is 0 Å². The Kier molecular flexibility index (Phi) is 2.43. The van der Waals surface area contributed by atoms with Gasteiger partial charge in [0.15, 0.2) is 0 Å². The van der Waals surface area contributed by atoms with Gasteiger partial charge in [-0.1, -0.05) is 38.8 Å². The lowest BCUT2D eigenvalue weighted by atomic mass is 9.69. The topological polar surface area (TPSA) is 52.6 Å². The molecule has 0 aromatic heterocycles. The van der Waals surface area contributed by atoms with Crippen LogP contribution in [0, 0.1) is 11.8 Å². The number of carbonyl (C=O) groups is 2. The predicted octanol–water partition coefficient (Wildman–Crippen LogP) is 1.98. The van der Waals surface area contributed by atoms with Crippen LogP contribution in [0.2, 0.25) is 0 Å². The van der Waals surface area contributed by atoms with Gasteiger partial charge in [0.2, 0.25) is 0 Å². The minimum Gasteiger partial charge on any atom is -0.393 e. The van der Waals surface area contributed by atoms with E-state index in [0.29, 0.717) is 0 Å². The van der Waals surface area contributed by atoms with Gasteiger partial charge >= 0.3 is 11.9 Å². The van der Waals surface area contributed by atoms with Crippen molar-refractivity contribution in [3.05, 3.63) is 12.2 Å². The second-order valence-electron chi connectivity index (χ2n) is 5.54. The highest BCUT2D eigenvalue weighted by Crippen LogP contribution is 2.59. The van der Waals surface area contributed by atoms with Crippen molar-refractivity contribution in [2.75, 3.05) is 0 Å². The Bertz CT molecular complexity index is 403. The normalized spacial score (nSPS) is 44.6. The Hall–Kier alpha value is -1.16. The zero-order chi connectivity index (χ0) is 13.0. The average Bonchev–Trinajstić information content (AvgIpc) is 2.89. The molecular formula is C14H18O4. The summed E-state index contributed by atoms with van der Waals surface area (Å²) in [6.45, 7) is 4.11. The fourth-order valence-electron chi connectivity index (χ4n) is 3.86. The summed E-state index contributed by atoms with van der Waals surface area (Å²) in [5.41, 5.74) is -1.20. The van der Waals surface area contributed by atoms with Gasteiger partial charge in [0.05, 0.1) is 0 Å². The van der Waals surface area contributed by atoms with E-state index in [1.54, 1.807) is 0 Å². The molecule has 3 aliphatic heterocycles. The van der Waals surface area contributed by atoms with Crippen molar-refractivity contribution in [3.8, 4) is 0 Å². The Balaban J connectivity index is 2.05. The molecule has 4 nitrogen and oxygen atoms in total. The molecule has 98 valence electrons. The molecule has 0 N–H and O–H groups in total. The molecule has 4 atom stereocenters. The van der Waals surface area contributed by atoms with Gasteiger partial charge in [0.25, 0.3) is 0 Å². The molecule has 0 aliphatic carbocycles. The van der Waals surface area contributed by atoms with Crippen molar-refractivity contribution in [1.82, 2.24) is 0 Å². The summed E-state index contributed by atoms with van der Waals surface area (Å²) >= 11 is 0. The summed E-state index contributed by atoms with van der Waals surface area (Å²) in [5.74, 6) is -1.66. The second kappa shape index (κ2) is 3.67. The molecule has 4 heteroatoms. The first-order chi connectivity index (χ1) is 8.58. The summed E-state index contributed by atoms with van der Waals surface area (Å²) in [6, 6.07) is 0. The predicted molar refractivity (Wildman–Crippen MR) is 63.6 cm³/mol. The maximum atomic E-state index is 11.9. The summed E-state index contributed by atoms with van der Waals surface area (Å²) in [7, 11) is 0. The van der Waals surface area contributed by atoms with Crippen LogP contribution in [-0.2, 0) is 19.1 Å². The minimum atomic E-state index is -0.599. The van der Waals surface area contributed by atoms with Gasteiger partial charge in [-0.3, -0.25) is 9.59 Å². The van der Waals surface area contributed by atoms with Gasteiger partial charge in [-0.2, -0.15) is 0 Å². The molecular weight excluding hydrogens is 232 g/mol. The SMILES string of the molecule is CCCC12C=CC(CCC)(O1)C1C(=O)OC(=O)C12. The number of carbonyl (C=O) groups excluding carboxylic acids is 2. The van der Waals surface area contributed by atoms with E-state index in [0.717, 1.165) is 25.7 Å². The van der Waals surface area contributed by atoms with E-state index in [4.69, 9.17) is 9.47 Å². The van der Waals surface area contributed by atoms with Gasteiger partial charge < -0.3 is 9.47 Å². The Morgan fingerprint density at radius 2 is 1.44 bits per heavy atom. The van der Waals surface area contributed by atoms with Crippen LogP contribution in [-0.4, -0.2) is 23.1 Å². The van der Waals surface area contributed by atoms with E-state index < -0.39 is 35.0 Å². The lowest BCUT2D eigenvalue weighted by molar-refractivity contribution is -0.162. The maximum Gasteiger partial charge on any atom is 0.320 e. The number of rotatable bonds is 4. The Morgan fingerprint density at radius 3 is 1.83 bits per heavy atom. The summed E-state index contributed by atoms with van der Waals surface area (Å²) in [6.07, 6.45) is 7.34. The molecule has 0 aromatic carbocycles. The Morgan fingerprint density at radius 1 is 1.00 bits per heavy atom. The van der Waals surface area contributed by atoms with E-state index in [1.165, 1.54) is 0 Å². The molecule has 3 aliphatic rings. The molecule has 3 rings (SSSR count). The first kappa shape index (κ1) is 11.9. The van der Waals surface area contributed by atoms with Crippen LogP contribution in [0.5, 0.6) is 0 Å². The molecule has 2 bridgehead atoms. The summed E-state index contributed by atoms with van der Waals surface area (Å²) in [5, 5.41) is 0. The van der Waals surface area contributed by atoms with Crippen LogP contribution < -0.4 is 0 Å². The van der Waals surface area contributed by atoms with Crippen molar-refractivity contribution in [3.63, 3.8) is 0 Å². The number of hydrogen-bond acceptors (Lipinski definition) is 4. The highest BCUT2D eigenvalue weighted by molar-refractivity contribution is 5.99. The monoisotopic (exact) mass is 250 g/mol. The van der Waals surface area contributed by atoms with Gasteiger partial charge in [0.1, 0.15) is 23.0 Å². The van der Waals surface area contributed by atoms with Gasteiger partial charge in [-0.25, -0.2) is 0 Å². The number of hydrogen-bond donors (Lipinski definition) is 0. The maximum absolute atomic E-state index is 11.9. The van der Waals surface area contributed by atoms with Crippen molar-refractivity contribution < 1.29 is 19.1 Å². The first-order valence-electron chi connectivity index (χ1n) is 6.74. The first-order valence-corrected chi connectivity index (χ1v) is 6.74. The smallest absolute Gasteiger partial charge is 0.320 e. The lowest BCUT2D eigenvalue weighted by Gasteiger charge is -2.27. The van der Waals surface area contributed by atoms with E-state index in [9.17, 15) is 9.59 Å². The van der Waals surface area contributed by atoms with E-state index >= 15 is 0 Å². The zero-order valence-corrected chi connectivity index (χ0v) is 10.8. The summed E-state index contributed by atoms with van der Waals surface area (Å²) in [4.78, 5) is 23.9. The number of cyclic esters (lactones) is 2. The zero-order valence-electron chi connectivity index (χ0n) is 10.8. The molecule has 2 fully saturated rings. The minimum absolute atomic E-state index is 0.402. The molecule has 0 saturated carbocycles. The number of esters is 2. The van der Waals surface area contributed by atoms with Crippen LogP contribution >= 0.6 is 0 Å². The van der Waals surface area contributed by atoms with Crippen molar-refractivity contribution in [1.29, 1.82) is 0 Å². The number of fused-ring (bicyclic) bond motifs is 5. The average molecular weight is 250 g/mol. The second-order valence-corrected chi connectivity index (χ2v) is 5.54. The van der Waals surface area contributed by atoms with Gasteiger partial charge in [0, 0.05) is 0 Å². The molecule has 18 heavy (non-hydrogen) atoms. The number of ether oxygens (including phenoxy) is 2. The van der Waals surface area contributed by atoms with Crippen molar-refractivity contribution in [2.24, 2.45) is 11.8 Å². The van der Waals surface area contributed by atoms with Crippen LogP contribution in [0.15, 0.2) is 12.2 Å². The lowest BCUT2D eigenvalue weighted by Crippen LogP contribution is -2.39. The van der Waals surface area contributed by atoms with Crippen molar-refractivity contribution in [2.45, 2.75) is 50.7 Å².